The highest BCUT2D eigenvalue weighted by Gasteiger charge is 2.52. The monoisotopic (exact) mass is 552 g/mol. The second kappa shape index (κ2) is 12.1. The molecular formula is C30H24N4O7. The number of nitrogens with zero attached hydrogens (tertiary/aromatic N) is 3. The highest BCUT2D eigenvalue weighted by Crippen LogP contribution is 2.37. The van der Waals surface area contributed by atoms with Crippen LogP contribution in [0.15, 0.2) is 97.3 Å². The van der Waals surface area contributed by atoms with Gasteiger partial charge in [-0.1, -0.05) is 54.6 Å². The van der Waals surface area contributed by atoms with E-state index in [-0.39, 0.29) is 29.2 Å². The zero-order valence-corrected chi connectivity index (χ0v) is 21.5. The smallest absolute Gasteiger partial charge is 0.338 e. The molecule has 0 amide bonds. The first-order valence-electron chi connectivity index (χ1n) is 12.6. The Bertz CT molecular complexity index is 1570. The van der Waals surface area contributed by atoms with E-state index in [1.807, 2.05) is 6.07 Å². The molecule has 11 nitrogen and oxygen atoms in total. The molecule has 206 valence electrons. The van der Waals surface area contributed by atoms with E-state index in [0.717, 1.165) is 0 Å². The van der Waals surface area contributed by atoms with Crippen LogP contribution in [-0.4, -0.2) is 52.4 Å². The van der Waals surface area contributed by atoms with Gasteiger partial charge in [-0.25, -0.2) is 19.4 Å². The molecule has 0 saturated carbocycles. The minimum atomic E-state index is -1.26. The number of nitriles is 1. The molecule has 0 aliphatic carbocycles. The summed E-state index contributed by atoms with van der Waals surface area (Å²) < 4.78 is 24.7. The summed E-state index contributed by atoms with van der Waals surface area (Å²) in [5, 5.41) is 9.38. The number of carbonyl (C=O) groups is 3. The standard InChI is InChI=1S/C30H24N4O7/c31-16-22-26(32)34(18-33-22)27-25(41-30(37)21-14-8-3-9-15-21)24(40-29(36)20-12-6-2-7-13-20)23(39-27)17-38-28(35)19-10-4-1-5-11-19/h1-15,18,23-25,27H,17,32H2/t23-,24-,25-,27-/m1/s1. The van der Waals surface area contributed by atoms with Crippen LogP contribution in [0.5, 0.6) is 0 Å². The second-order valence-electron chi connectivity index (χ2n) is 9.00. The topological polar surface area (TPSA) is 156 Å². The molecule has 2 N–H and O–H groups in total. The Morgan fingerprint density at radius 2 is 1.29 bits per heavy atom. The molecule has 5 rings (SSSR count). The maximum atomic E-state index is 13.2. The van der Waals surface area contributed by atoms with Crippen LogP contribution >= 0.6 is 0 Å². The molecule has 4 atom stereocenters. The Morgan fingerprint density at radius 1 is 0.805 bits per heavy atom. The molecule has 1 aromatic heterocycles. The molecule has 41 heavy (non-hydrogen) atoms. The maximum Gasteiger partial charge on any atom is 0.338 e. The minimum absolute atomic E-state index is 0.0478. The molecular weight excluding hydrogens is 528 g/mol. The van der Waals surface area contributed by atoms with Gasteiger partial charge in [-0.2, -0.15) is 5.26 Å². The zero-order chi connectivity index (χ0) is 28.8. The van der Waals surface area contributed by atoms with Gasteiger partial charge < -0.3 is 24.7 Å². The van der Waals surface area contributed by atoms with Crippen molar-refractivity contribution in [3.05, 3.63) is 120 Å². The average molecular weight is 553 g/mol. The van der Waals surface area contributed by atoms with Crippen LogP contribution in [0.3, 0.4) is 0 Å². The number of nitrogens with two attached hydrogens (primary N) is 1. The number of ether oxygens (including phenoxy) is 4. The summed E-state index contributed by atoms with van der Waals surface area (Å²) >= 11 is 0. The molecule has 0 bridgehead atoms. The first kappa shape index (κ1) is 27.1. The second-order valence-corrected chi connectivity index (χ2v) is 9.00. The molecule has 1 aliphatic heterocycles. The first-order chi connectivity index (χ1) is 20.0. The molecule has 1 aliphatic rings. The summed E-state index contributed by atoms with van der Waals surface area (Å²) in [6.07, 6.45) is -3.50. The van der Waals surface area contributed by atoms with Crippen LogP contribution in [0, 0.1) is 11.3 Å². The summed E-state index contributed by atoms with van der Waals surface area (Å²) in [5.74, 6) is -2.10. The third-order valence-electron chi connectivity index (χ3n) is 6.39. The number of nitrogen functional groups attached to an aromatic ring is 1. The number of benzene rings is 3. The van der Waals surface area contributed by atoms with E-state index in [4.69, 9.17) is 24.7 Å². The van der Waals surface area contributed by atoms with Crippen molar-refractivity contribution in [2.45, 2.75) is 24.5 Å². The fourth-order valence-corrected chi connectivity index (χ4v) is 4.34. The van der Waals surface area contributed by atoms with Crippen molar-refractivity contribution in [1.29, 1.82) is 5.26 Å². The van der Waals surface area contributed by atoms with Crippen molar-refractivity contribution in [2.24, 2.45) is 0 Å². The Hall–Kier alpha value is -5.47. The van der Waals surface area contributed by atoms with E-state index in [1.54, 1.807) is 91.0 Å². The number of carbonyl (C=O) groups excluding carboxylic acids is 3. The predicted molar refractivity (Wildman–Crippen MR) is 143 cm³/mol. The van der Waals surface area contributed by atoms with E-state index in [0.29, 0.717) is 5.56 Å². The lowest BCUT2D eigenvalue weighted by molar-refractivity contribution is -0.0612. The fraction of sp³-hybridized carbons (Fsp3) is 0.167. The lowest BCUT2D eigenvalue weighted by Gasteiger charge is -2.25. The van der Waals surface area contributed by atoms with Crippen molar-refractivity contribution >= 4 is 23.7 Å². The lowest BCUT2D eigenvalue weighted by Crippen LogP contribution is -2.41. The van der Waals surface area contributed by atoms with Gasteiger partial charge in [0.2, 0.25) is 0 Å². The Balaban J connectivity index is 1.49. The van der Waals surface area contributed by atoms with Crippen molar-refractivity contribution in [3.63, 3.8) is 0 Å². The van der Waals surface area contributed by atoms with Crippen LogP contribution in [-0.2, 0) is 18.9 Å². The number of rotatable bonds is 8. The Morgan fingerprint density at radius 3 is 1.78 bits per heavy atom. The SMILES string of the molecule is N#Cc1ncn([C@@H]2O[C@H](COC(=O)c3ccccc3)[C@@H](OC(=O)c3ccccc3)[C@H]2OC(=O)c2ccccc2)c1N. The van der Waals surface area contributed by atoms with Crippen LogP contribution in [0.2, 0.25) is 0 Å². The van der Waals surface area contributed by atoms with Gasteiger partial charge in [0.15, 0.2) is 24.1 Å². The van der Waals surface area contributed by atoms with E-state index < -0.39 is 42.4 Å². The minimum Gasteiger partial charge on any atom is -0.459 e. The average Bonchev–Trinajstić information content (AvgIpc) is 3.55. The normalized spacial score (nSPS) is 19.6. The highest BCUT2D eigenvalue weighted by molar-refractivity contribution is 5.91. The largest absolute Gasteiger partial charge is 0.459 e. The van der Waals surface area contributed by atoms with Gasteiger partial charge in [-0.15, -0.1) is 0 Å². The van der Waals surface area contributed by atoms with Gasteiger partial charge in [0.25, 0.3) is 0 Å². The third kappa shape index (κ3) is 5.93. The van der Waals surface area contributed by atoms with E-state index in [1.165, 1.54) is 10.9 Å². The van der Waals surface area contributed by atoms with Crippen molar-refractivity contribution in [1.82, 2.24) is 9.55 Å². The van der Waals surface area contributed by atoms with E-state index in [9.17, 15) is 19.6 Å². The highest BCUT2D eigenvalue weighted by atomic mass is 16.7. The number of hydrogen-bond donors (Lipinski definition) is 1. The number of imidazole rings is 1. The molecule has 0 unspecified atom stereocenters. The quantitative estimate of drug-likeness (QED) is 0.253. The fourth-order valence-electron chi connectivity index (χ4n) is 4.34. The molecule has 3 aromatic carbocycles. The molecule has 4 aromatic rings. The third-order valence-corrected chi connectivity index (χ3v) is 6.39. The van der Waals surface area contributed by atoms with Crippen molar-refractivity contribution in [2.75, 3.05) is 12.3 Å². The van der Waals surface area contributed by atoms with E-state index >= 15 is 0 Å². The van der Waals surface area contributed by atoms with Gasteiger partial charge in [0.1, 0.15) is 30.9 Å². The molecule has 1 saturated heterocycles. The Labute approximate surface area is 234 Å². The van der Waals surface area contributed by atoms with Gasteiger partial charge in [-0.05, 0) is 36.4 Å². The summed E-state index contributed by atoms with van der Waals surface area (Å²) in [4.78, 5) is 43.0. The number of aromatic nitrogens is 2. The maximum absolute atomic E-state index is 13.2. The van der Waals surface area contributed by atoms with Crippen LogP contribution in [0.25, 0.3) is 0 Å². The summed E-state index contributed by atoms with van der Waals surface area (Å²) in [5.41, 5.74) is 6.88. The molecule has 1 fully saturated rings. The van der Waals surface area contributed by atoms with Gasteiger partial charge >= 0.3 is 17.9 Å². The predicted octanol–water partition coefficient (Wildman–Crippen LogP) is 3.54. The summed E-state index contributed by atoms with van der Waals surface area (Å²) in [7, 11) is 0. The molecule has 11 heteroatoms. The molecule has 0 radical (unpaired) electrons. The van der Waals surface area contributed by atoms with Gasteiger partial charge in [0.05, 0.1) is 16.7 Å². The number of hydrogen-bond acceptors (Lipinski definition) is 10. The molecule has 0 spiro atoms. The van der Waals surface area contributed by atoms with Gasteiger partial charge in [-0.3, -0.25) is 4.57 Å². The Kier molecular flexibility index (Phi) is 8.03. The summed E-state index contributed by atoms with van der Waals surface area (Å²) in [6, 6.07) is 26.7. The number of esters is 3. The van der Waals surface area contributed by atoms with E-state index in [2.05, 4.69) is 4.98 Å². The van der Waals surface area contributed by atoms with Crippen LogP contribution in [0.4, 0.5) is 5.82 Å². The van der Waals surface area contributed by atoms with Crippen LogP contribution < -0.4 is 5.73 Å². The number of anilines is 1. The molecule has 2 heterocycles. The van der Waals surface area contributed by atoms with Crippen LogP contribution in [0.1, 0.15) is 43.0 Å². The van der Waals surface area contributed by atoms with Crippen molar-refractivity contribution in [3.8, 4) is 6.07 Å². The first-order valence-corrected chi connectivity index (χ1v) is 12.6. The lowest BCUT2D eigenvalue weighted by atomic mass is 10.1. The van der Waals surface area contributed by atoms with Gasteiger partial charge in [0, 0.05) is 0 Å². The van der Waals surface area contributed by atoms with Crippen molar-refractivity contribution < 1.29 is 33.3 Å². The summed E-state index contributed by atoms with van der Waals surface area (Å²) in [6.45, 7) is -0.351. The zero-order valence-electron chi connectivity index (χ0n) is 21.5.